The van der Waals surface area contributed by atoms with Crippen LogP contribution in [0.15, 0.2) is 83.4 Å². The molecule has 0 aliphatic rings. The van der Waals surface area contributed by atoms with Gasteiger partial charge in [-0.05, 0) is 79.2 Å². The van der Waals surface area contributed by atoms with Gasteiger partial charge in [0.15, 0.2) is 5.76 Å². The number of anilines is 1. The van der Waals surface area contributed by atoms with Crippen molar-refractivity contribution >= 4 is 17.5 Å². The van der Waals surface area contributed by atoms with Crippen LogP contribution in [-0.4, -0.2) is 27.8 Å². The fourth-order valence-electron chi connectivity index (χ4n) is 3.72. The molecule has 0 spiro atoms. The summed E-state index contributed by atoms with van der Waals surface area (Å²) in [5.41, 5.74) is 1.78. The number of nitrogens with one attached hydrogen (secondary N) is 1. The number of nitrogens with zero attached hydrogens (tertiary/aromatic N) is 2. The zero-order chi connectivity index (χ0) is 24.8. The third-order valence-corrected chi connectivity index (χ3v) is 5.46. The van der Waals surface area contributed by atoms with Gasteiger partial charge in [-0.1, -0.05) is 6.92 Å². The molecule has 4 aromatic rings. The fraction of sp³-hybridized carbons (Fsp3) is 0.185. The van der Waals surface area contributed by atoms with Gasteiger partial charge in [0.05, 0.1) is 13.1 Å². The molecule has 2 aromatic heterocycles. The highest BCUT2D eigenvalue weighted by molar-refractivity contribution is 6.02. The molecule has 2 amide bonds. The third-order valence-electron chi connectivity index (χ3n) is 5.46. The Labute approximate surface area is 201 Å². The lowest BCUT2D eigenvalue weighted by Gasteiger charge is -2.23. The number of aromatic nitrogens is 1. The summed E-state index contributed by atoms with van der Waals surface area (Å²) >= 11 is 0. The van der Waals surface area contributed by atoms with Crippen molar-refractivity contribution in [2.24, 2.45) is 0 Å². The van der Waals surface area contributed by atoms with E-state index in [0.29, 0.717) is 36.6 Å². The standard InChI is InChI=1S/C27H25F2N3O3/c1-2-15-32(27(34)19-5-7-20(28)8-6-19)17-23-4-3-16-31(23)18-24-13-14-25(35-24)26(33)30-22-11-9-21(29)10-12-22/h3-14,16H,2,15,17-18H2,1H3,(H,30,33). The number of furan rings is 1. The zero-order valence-corrected chi connectivity index (χ0v) is 19.2. The molecule has 0 bridgehead atoms. The van der Waals surface area contributed by atoms with Gasteiger partial charge >= 0.3 is 0 Å². The molecular weight excluding hydrogens is 452 g/mol. The molecule has 0 radical (unpaired) electrons. The van der Waals surface area contributed by atoms with Crippen LogP contribution in [0.1, 0.15) is 45.7 Å². The molecule has 0 aliphatic carbocycles. The Kier molecular flexibility index (Phi) is 7.40. The Hall–Kier alpha value is -4.20. The second-order valence-electron chi connectivity index (χ2n) is 8.09. The molecule has 35 heavy (non-hydrogen) atoms. The number of carbonyl (C=O) groups excluding carboxylic acids is 2. The molecule has 0 atom stereocenters. The number of hydrogen-bond acceptors (Lipinski definition) is 3. The van der Waals surface area contributed by atoms with Crippen molar-refractivity contribution in [1.82, 2.24) is 9.47 Å². The normalized spacial score (nSPS) is 10.8. The predicted molar refractivity (Wildman–Crippen MR) is 128 cm³/mol. The number of amides is 2. The van der Waals surface area contributed by atoms with Crippen molar-refractivity contribution in [3.63, 3.8) is 0 Å². The van der Waals surface area contributed by atoms with E-state index in [0.717, 1.165) is 12.1 Å². The van der Waals surface area contributed by atoms with Gasteiger partial charge in [-0.3, -0.25) is 9.59 Å². The van der Waals surface area contributed by atoms with Crippen LogP contribution < -0.4 is 5.32 Å². The minimum atomic E-state index is -0.436. The molecule has 2 heterocycles. The Morgan fingerprint density at radius 1 is 0.943 bits per heavy atom. The third kappa shape index (κ3) is 6.03. The average molecular weight is 478 g/mol. The number of hydrogen-bond donors (Lipinski definition) is 1. The van der Waals surface area contributed by atoms with Crippen LogP contribution in [0, 0.1) is 11.6 Å². The molecule has 0 saturated carbocycles. The van der Waals surface area contributed by atoms with Gasteiger partial charge in [0.1, 0.15) is 17.4 Å². The number of rotatable bonds is 9. The van der Waals surface area contributed by atoms with Crippen LogP contribution in [0.5, 0.6) is 0 Å². The van der Waals surface area contributed by atoms with Crippen molar-refractivity contribution in [1.29, 1.82) is 0 Å². The molecular formula is C27H25F2N3O3. The largest absolute Gasteiger partial charge is 0.454 e. The SMILES string of the molecule is CCCN(Cc1cccn1Cc1ccc(C(=O)Nc2ccc(F)cc2)o1)C(=O)c1ccc(F)cc1. The molecule has 0 fully saturated rings. The van der Waals surface area contributed by atoms with Crippen molar-refractivity contribution in [2.45, 2.75) is 26.4 Å². The van der Waals surface area contributed by atoms with E-state index in [4.69, 9.17) is 4.42 Å². The summed E-state index contributed by atoms with van der Waals surface area (Å²) in [6, 6.07) is 18.1. The van der Waals surface area contributed by atoms with E-state index in [1.807, 2.05) is 29.8 Å². The Morgan fingerprint density at radius 3 is 2.31 bits per heavy atom. The first-order chi connectivity index (χ1) is 16.9. The summed E-state index contributed by atoms with van der Waals surface area (Å²) in [4.78, 5) is 27.2. The first kappa shape index (κ1) is 23.9. The first-order valence-corrected chi connectivity index (χ1v) is 11.3. The highest BCUT2D eigenvalue weighted by atomic mass is 19.1. The molecule has 4 rings (SSSR count). The van der Waals surface area contributed by atoms with Gasteiger partial charge in [0.2, 0.25) is 0 Å². The van der Waals surface area contributed by atoms with Crippen LogP contribution in [0.25, 0.3) is 0 Å². The summed E-state index contributed by atoms with van der Waals surface area (Å²) in [6.45, 7) is 3.29. The monoisotopic (exact) mass is 477 g/mol. The van der Waals surface area contributed by atoms with E-state index in [1.165, 1.54) is 48.5 Å². The van der Waals surface area contributed by atoms with Crippen molar-refractivity contribution in [3.05, 3.63) is 113 Å². The van der Waals surface area contributed by atoms with Gasteiger partial charge < -0.3 is 19.2 Å². The van der Waals surface area contributed by atoms with E-state index < -0.39 is 5.91 Å². The van der Waals surface area contributed by atoms with Crippen molar-refractivity contribution in [2.75, 3.05) is 11.9 Å². The summed E-state index contributed by atoms with van der Waals surface area (Å²) in [5.74, 6) is -0.674. The second kappa shape index (κ2) is 10.8. The average Bonchev–Trinajstić information content (AvgIpc) is 3.50. The summed E-state index contributed by atoms with van der Waals surface area (Å²) in [5, 5.41) is 2.67. The van der Waals surface area contributed by atoms with E-state index in [9.17, 15) is 18.4 Å². The molecule has 180 valence electrons. The highest BCUT2D eigenvalue weighted by Gasteiger charge is 2.18. The van der Waals surface area contributed by atoms with Crippen LogP contribution in [0.4, 0.5) is 14.5 Å². The quantitative estimate of drug-likeness (QED) is 0.336. The lowest BCUT2D eigenvalue weighted by molar-refractivity contribution is 0.0739. The van der Waals surface area contributed by atoms with Gasteiger partial charge in [-0.15, -0.1) is 0 Å². The summed E-state index contributed by atoms with van der Waals surface area (Å²) in [7, 11) is 0. The zero-order valence-electron chi connectivity index (χ0n) is 19.2. The van der Waals surface area contributed by atoms with Gasteiger partial charge in [0, 0.05) is 29.7 Å². The van der Waals surface area contributed by atoms with Crippen LogP contribution >= 0.6 is 0 Å². The Balaban J connectivity index is 1.43. The first-order valence-electron chi connectivity index (χ1n) is 11.3. The summed E-state index contributed by atoms with van der Waals surface area (Å²) in [6.07, 6.45) is 2.65. The maximum Gasteiger partial charge on any atom is 0.291 e. The number of halogens is 2. The van der Waals surface area contributed by atoms with Crippen LogP contribution in [-0.2, 0) is 13.1 Å². The Bertz CT molecular complexity index is 1290. The molecule has 2 aromatic carbocycles. The molecule has 8 heteroatoms. The van der Waals surface area contributed by atoms with Crippen molar-refractivity contribution in [3.8, 4) is 0 Å². The Morgan fingerprint density at radius 2 is 1.63 bits per heavy atom. The molecule has 0 aliphatic heterocycles. The van der Waals surface area contributed by atoms with E-state index in [2.05, 4.69) is 5.32 Å². The van der Waals surface area contributed by atoms with Gasteiger partial charge in [-0.2, -0.15) is 0 Å². The van der Waals surface area contributed by atoms with Crippen LogP contribution in [0.2, 0.25) is 0 Å². The minimum absolute atomic E-state index is 0.136. The number of benzene rings is 2. The maximum atomic E-state index is 13.3. The molecule has 0 unspecified atom stereocenters. The van der Waals surface area contributed by atoms with E-state index >= 15 is 0 Å². The number of carbonyl (C=O) groups is 2. The molecule has 6 nitrogen and oxygen atoms in total. The van der Waals surface area contributed by atoms with Crippen molar-refractivity contribution < 1.29 is 22.8 Å². The lowest BCUT2D eigenvalue weighted by Crippen LogP contribution is -2.32. The summed E-state index contributed by atoms with van der Waals surface area (Å²) < 4.78 is 34.0. The minimum Gasteiger partial charge on any atom is -0.454 e. The second-order valence-corrected chi connectivity index (χ2v) is 8.09. The predicted octanol–water partition coefficient (Wildman–Crippen LogP) is 5.71. The van der Waals surface area contributed by atoms with E-state index in [1.54, 1.807) is 17.0 Å². The molecule has 0 saturated heterocycles. The van der Waals surface area contributed by atoms with Gasteiger partial charge in [-0.25, -0.2) is 8.78 Å². The van der Waals surface area contributed by atoms with E-state index in [-0.39, 0.29) is 23.3 Å². The van der Waals surface area contributed by atoms with Crippen LogP contribution in [0.3, 0.4) is 0 Å². The smallest absolute Gasteiger partial charge is 0.291 e. The fourth-order valence-corrected chi connectivity index (χ4v) is 3.72. The highest BCUT2D eigenvalue weighted by Crippen LogP contribution is 2.17. The maximum absolute atomic E-state index is 13.3. The molecule has 1 N–H and O–H groups in total. The van der Waals surface area contributed by atoms with Gasteiger partial charge in [0.25, 0.3) is 11.8 Å². The topological polar surface area (TPSA) is 67.5 Å². The lowest BCUT2D eigenvalue weighted by atomic mass is 10.2.